The van der Waals surface area contributed by atoms with Gasteiger partial charge in [-0.25, -0.2) is 0 Å². The summed E-state index contributed by atoms with van der Waals surface area (Å²) in [4.78, 5) is 12.1. The Morgan fingerprint density at radius 1 is 1.35 bits per heavy atom. The van der Waals surface area contributed by atoms with Crippen molar-refractivity contribution in [3.63, 3.8) is 0 Å². The zero-order valence-corrected chi connectivity index (χ0v) is 17.3. The fraction of sp³-hybridized carbons (Fsp3) is 0.857. The van der Waals surface area contributed by atoms with Crippen LogP contribution in [0, 0.1) is 29.1 Å². The number of aliphatic hydroxyl groups excluding tert-OH is 2. The number of fused-ring (bicyclic) bond motifs is 5. The van der Waals surface area contributed by atoms with Gasteiger partial charge in [0.15, 0.2) is 0 Å². The van der Waals surface area contributed by atoms with Crippen molar-refractivity contribution in [1.29, 1.82) is 0 Å². The molecule has 0 aromatic heterocycles. The minimum Gasteiger partial charge on any atom is -0.461 e. The van der Waals surface area contributed by atoms with E-state index in [1.165, 1.54) is 5.57 Å². The molecular weight excluding hydrogens is 396 g/mol. The third-order valence-electron chi connectivity index (χ3n) is 7.88. The molecule has 9 atom stereocenters. The maximum Gasteiger partial charge on any atom is 0.305 e. The molecule has 0 saturated heterocycles. The standard InChI is InChI=1S/C21H31BrO4/c1-3-18(25)26-20-16(22)10-15-19-14(6-7-21(15,20)2)13-5-4-12(23)8-11(13)9-17(19)24/h9,12-17,19-20,23-24H,3-8,10H2,1-2H3/t12-,13?,14?,15?,16+,17?,19?,20-,21-/m0/s1. The van der Waals surface area contributed by atoms with Crippen LogP contribution in [0.15, 0.2) is 11.6 Å². The highest BCUT2D eigenvalue weighted by Gasteiger charge is 2.61. The first-order chi connectivity index (χ1) is 12.3. The van der Waals surface area contributed by atoms with Crippen LogP contribution in [0.25, 0.3) is 0 Å². The van der Waals surface area contributed by atoms with E-state index in [4.69, 9.17) is 4.74 Å². The molecule has 5 heteroatoms. The molecule has 3 fully saturated rings. The maximum absolute atomic E-state index is 12.0. The van der Waals surface area contributed by atoms with Gasteiger partial charge < -0.3 is 14.9 Å². The third kappa shape index (κ3) is 2.89. The second kappa shape index (κ2) is 6.89. The maximum atomic E-state index is 12.0. The number of carbonyl (C=O) groups excluding carboxylic acids is 1. The number of hydrogen-bond donors (Lipinski definition) is 2. The Kier molecular flexibility index (Phi) is 5.02. The van der Waals surface area contributed by atoms with Crippen LogP contribution in [0.4, 0.5) is 0 Å². The predicted octanol–water partition coefficient (Wildman–Crippen LogP) is 3.59. The quantitative estimate of drug-likeness (QED) is 0.402. The van der Waals surface area contributed by atoms with Crippen molar-refractivity contribution < 1.29 is 19.7 Å². The number of alkyl halides is 1. The van der Waals surface area contributed by atoms with E-state index in [2.05, 4.69) is 28.9 Å². The van der Waals surface area contributed by atoms with E-state index in [-0.39, 0.29) is 34.3 Å². The van der Waals surface area contributed by atoms with Crippen molar-refractivity contribution in [1.82, 2.24) is 0 Å². The van der Waals surface area contributed by atoms with Gasteiger partial charge in [-0.05, 0) is 62.2 Å². The summed E-state index contributed by atoms with van der Waals surface area (Å²) in [5.74, 6) is 1.48. The SMILES string of the molecule is CCC(=O)O[C@H]1[C@H](Br)CC2C3C(O)C=C4C[C@@H](O)CCC4C3CC[C@@]21C. The first-order valence-corrected chi connectivity index (χ1v) is 11.2. The van der Waals surface area contributed by atoms with Crippen LogP contribution in [0.5, 0.6) is 0 Å². The normalized spacial score (nSPS) is 50.3. The van der Waals surface area contributed by atoms with Gasteiger partial charge in [0.2, 0.25) is 0 Å². The molecular formula is C21H31BrO4. The molecule has 5 unspecified atom stereocenters. The molecule has 0 heterocycles. The van der Waals surface area contributed by atoms with Crippen LogP contribution >= 0.6 is 15.9 Å². The molecule has 2 N–H and O–H groups in total. The molecule has 0 aromatic rings. The molecule has 4 nitrogen and oxygen atoms in total. The minimum absolute atomic E-state index is 0.0688. The molecule has 0 amide bonds. The lowest BCUT2D eigenvalue weighted by Gasteiger charge is -2.54. The predicted molar refractivity (Wildman–Crippen MR) is 103 cm³/mol. The lowest BCUT2D eigenvalue weighted by molar-refractivity contribution is -0.159. The molecule has 4 aliphatic rings. The van der Waals surface area contributed by atoms with Gasteiger partial charge >= 0.3 is 5.97 Å². The Morgan fingerprint density at radius 3 is 2.85 bits per heavy atom. The zero-order chi connectivity index (χ0) is 18.6. The van der Waals surface area contributed by atoms with Gasteiger partial charge in [0.05, 0.1) is 17.0 Å². The topological polar surface area (TPSA) is 66.8 Å². The van der Waals surface area contributed by atoms with Crippen molar-refractivity contribution in [2.24, 2.45) is 29.1 Å². The van der Waals surface area contributed by atoms with Crippen molar-refractivity contribution in [3.05, 3.63) is 11.6 Å². The molecule has 4 rings (SSSR count). The van der Waals surface area contributed by atoms with E-state index < -0.39 is 6.10 Å². The summed E-state index contributed by atoms with van der Waals surface area (Å²) in [6, 6.07) is 0. The molecule has 0 bridgehead atoms. The molecule has 0 aromatic carbocycles. The summed E-state index contributed by atoms with van der Waals surface area (Å²) in [5.41, 5.74) is 1.21. The van der Waals surface area contributed by atoms with Gasteiger partial charge in [0, 0.05) is 11.8 Å². The molecule has 0 aliphatic heterocycles. The number of aliphatic hydroxyl groups is 2. The number of ether oxygens (including phenoxy) is 1. The smallest absolute Gasteiger partial charge is 0.305 e. The third-order valence-corrected chi connectivity index (χ3v) is 8.74. The monoisotopic (exact) mass is 426 g/mol. The summed E-state index contributed by atoms with van der Waals surface area (Å²) in [6.45, 7) is 4.10. The van der Waals surface area contributed by atoms with Crippen LogP contribution in [-0.2, 0) is 9.53 Å². The van der Waals surface area contributed by atoms with Gasteiger partial charge in [-0.15, -0.1) is 0 Å². The Bertz CT molecular complexity index is 605. The lowest BCUT2D eigenvalue weighted by atomic mass is 9.52. The minimum atomic E-state index is -0.443. The van der Waals surface area contributed by atoms with Crippen LogP contribution in [0.3, 0.4) is 0 Å². The molecule has 3 saturated carbocycles. The highest BCUT2D eigenvalue weighted by molar-refractivity contribution is 9.09. The van der Waals surface area contributed by atoms with Gasteiger partial charge in [0.25, 0.3) is 0 Å². The summed E-state index contributed by atoms with van der Waals surface area (Å²) < 4.78 is 5.86. The van der Waals surface area contributed by atoms with Crippen molar-refractivity contribution in [2.75, 3.05) is 0 Å². The largest absolute Gasteiger partial charge is 0.461 e. The van der Waals surface area contributed by atoms with Crippen molar-refractivity contribution in [3.8, 4) is 0 Å². The Balaban J connectivity index is 1.62. The summed E-state index contributed by atoms with van der Waals surface area (Å²) in [7, 11) is 0. The van der Waals surface area contributed by atoms with Gasteiger partial charge in [-0.3, -0.25) is 4.79 Å². The number of esters is 1. The summed E-state index contributed by atoms with van der Waals surface area (Å²) in [5, 5.41) is 21.0. The fourth-order valence-electron chi connectivity index (χ4n) is 6.64. The van der Waals surface area contributed by atoms with E-state index in [0.29, 0.717) is 24.2 Å². The highest BCUT2D eigenvalue weighted by Crippen LogP contribution is 2.63. The van der Waals surface area contributed by atoms with Crippen LogP contribution in [0.1, 0.15) is 58.8 Å². The second-order valence-corrected chi connectivity index (χ2v) is 10.4. The van der Waals surface area contributed by atoms with Gasteiger partial charge in [-0.2, -0.15) is 0 Å². The van der Waals surface area contributed by atoms with Gasteiger partial charge in [0.1, 0.15) is 6.10 Å². The molecule has 146 valence electrons. The first kappa shape index (κ1) is 18.9. The highest BCUT2D eigenvalue weighted by atomic mass is 79.9. The van der Waals surface area contributed by atoms with Crippen LogP contribution in [-0.4, -0.2) is 39.3 Å². The number of hydrogen-bond acceptors (Lipinski definition) is 4. The second-order valence-electron chi connectivity index (χ2n) is 9.18. The summed E-state index contributed by atoms with van der Waals surface area (Å²) >= 11 is 3.79. The van der Waals surface area contributed by atoms with E-state index in [9.17, 15) is 15.0 Å². The molecule has 0 radical (unpaired) electrons. The van der Waals surface area contributed by atoms with E-state index in [1.54, 1.807) is 0 Å². The Morgan fingerprint density at radius 2 is 2.12 bits per heavy atom. The fourth-order valence-corrected chi connectivity index (χ4v) is 7.76. The average molecular weight is 427 g/mol. The van der Waals surface area contributed by atoms with E-state index >= 15 is 0 Å². The van der Waals surface area contributed by atoms with E-state index in [1.807, 2.05) is 6.92 Å². The Hall–Kier alpha value is -0.390. The molecule has 26 heavy (non-hydrogen) atoms. The zero-order valence-electron chi connectivity index (χ0n) is 15.7. The molecule has 0 spiro atoms. The number of carbonyl (C=O) groups is 1. The number of rotatable bonds is 2. The van der Waals surface area contributed by atoms with Crippen molar-refractivity contribution in [2.45, 2.75) is 81.9 Å². The number of halogens is 1. The Labute approximate surface area is 164 Å². The average Bonchev–Trinajstić information content (AvgIpc) is 2.85. The van der Waals surface area contributed by atoms with Crippen LogP contribution in [0.2, 0.25) is 0 Å². The summed E-state index contributed by atoms with van der Waals surface area (Å²) in [6.07, 6.45) is 7.38. The molecule has 4 aliphatic carbocycles. The van der Waals surface area contributed by atoms with Crippen LogP contribution < -0.4 is 0 Å². The van der Waals surface area contributed by atoms with Gasteiger partial charge in [-0.1, -0.05) is 41.4 Å². The first-order valence-electron chi connectivity index (χ1n) is 10.3. The lowest BCUT2D eigenvalue weighted by Crippen LogP contribution is -2.52. The van der Waals surface area contributed by atoms with Crippen molar-refractivity contribution >= 4 is 21.9 Å². The van der Waals surface area contributed by atoms with E-state index in [0.717, 1.165) is 38.5 Å².